The highest BCUT2D eigenvalue weighted by Crippen LogP contribution is 2.27. The van der Waals surface area contributed by atoms with Crippen molar-refractivity contribution in [3.8, 4) is 5.75 Å². The van der Waals surface area contributed by atoms with E-state index in [4.69, 9.17) is 12.2 Å². The largest absolute Gasteiger partial charge is 0.433 e. The van der Waals surface area contributed by atoms with Crippen LogP contribution in [-0.2, 0) is 6.54 Å². The molecule has 2 N–H and O–H groups in total. The van der Waals surface area contributed by atoms with E-state index in [1.165, 1.54) is 18.3 Å². The Kier molecular flexibility index (Phi) is 6.15. The maximum atomic E-state index is 13.7. The molecule has 2 aromatic carbocycles. The topological polar surface area (TPSA) is 51.1 Å². The average Bonchev–Trinajstić information content (AvgIpc) is 3.06. The van der Waals surface area contributed by atoms with Crippen molar-refractivity contribution < 1.29 is 17.9 Å². The molecule has 0 aliphatic rings. The fraction of sp³-hybridized carbons (Fsp3) is 0.158. The summed E-state index contributed by atoms with van der Waals surface area (Å²) in [5.41, 5.74) is 2.24. The predicted octanol–water partition coefficient (Wildman–Crippen LogP) is 4.79. The van der Waals surface area contributed by atoms with Crippen molar-refractivity contribution in [3.05, 3.63) is 71.8 Å². The van der Waals surface area contributed by atoms with Gasteiger partial charge in [0.2, 0.25) is 0 Å². The first kappa shape index (κ1) is 19.7. The molecule has 146 valence electrons. The van der Waals surface area contributed by atoms with Crippen LogP contribution in [0.3, 0.4) is 0 Å². The molecule has 3 rings (SSSR count). The van der Waals surface area contributed by atoms with Gasteiger partial charge in [0.25, 0.3) is 0 Å². The van der Waals surface area contributed by atoms with Gasteiger partial charge in [-0.3, -0.25) is 4.68 Å². The van der Waals surface area contributed by atoms with Crippen LogP contribution in [0.5, 0.6) is 5.75 Å². The second-order valence-corrected chi connectivity index (χ2v) is 6.38. The van der Waals surface area contributed by atoms with Gasteiger partial charge in [0.15, 0.2) is 5.11 Å². The van der Waals surface area contributed by atoms with Crippen LogP contribution >= 0.6 is 12.2 Å². The van der Waals surface area contributed by atoms with Gasteiger partial charge in [-0.1, -0.05) is 24.3 Å². The molecular weight excluding hydrogens is 389 g/mol. The highest BCUT2D eigenvalue weighted by Gasteiger charge is 2.12. The van der Waals surface area contributed by atoms with E-state index in [2.05, 4.69) is 20.5 Å². The minimum Gasteiger partial charge on any atom is -0.433 e. The van der Waals surface area contributed by atoms with E-state index in [9.17, 15) is 13.2 Å². The lowest BCUT2D eigenvalue weighted by atomic mass is 10.2. The molecule has 0 fully saturated rings. The minimum absolute atomic E-state index is 0.0139. The number of nitrogens with one attached hydrogen (secondary N) is 2. The summed E-state index contributed by atoms with van der Waals surface area (Å²) in [7, 11) is 0. The Labute approximate surface area is 165 Å². The SMILES string of the molecule is Cc1ccc(OC(F)F)c(NC(=S)Nc2cnn(Cc3ccccc3F)c2)c1. The lowest BCUT2D eigenvalue weighted by Gasteiger charge is -2.14. The molecule has 1 heterocycles. The van der Waals surface area contributed by atoms with Crippen LogP contribution in [0.15, 0.2) is 54.9 Å². The first-order valence-corrected chi connectivity index (χ1v) is 8.71. The van der Waals surface area contributed by atoms with Gasteiger partial charge in [-0.05, 0) is 42.9 Å². The number of thiocarbonyl (C=S) groups is 1. The smallest absolute Gasteiger partial charge is 0.387 e. The molecule has 0 amide bonds. The molecule has 0 atom stereocenters. The molecule has 0 radical (unpaired) electrons. The van der Waals surface area contributed by atoms with Crippen LogP contribution < -0.4 is 15.4 Å². The first-order chi connectivity index (χ1) is 13.4. The summed E-state index contributed by atoms with van der Waals surface area (Å²) in [6, 6.07) is 11.2. The van der Waals surface area contributed by atoms with E-state index in [0.29, 0.717) is 16.9 Å². The van der Waals surface area contributed by atoms with Crippen molar-refractivity contribution in [3.63, 3.8) is 0 Å². The quantitative estimate of drug-likeness (QED) is 0.577. The number of alkyl halides is 2. The summed E-state index contributed by atoms with van der Waals surface area (Å²) in [4.78, 5) is 0. The predicted molar refractivity (Wildman–Crippen MR) is 105 cm³/mol. The van der Waals surface area contributed by atoms with Crippen LogP contribution in [0.2, 0.25) is 0 Å². The number of halogens is 3. The van der Waals surface area contributed by atoms with Crippen molar-refractivity contribution in [2.24, 2.45) is 0 Å². The molecule has 1 aromatic heterocycles. The van der Waals surface area contributed by atoms with E-state index in [1.54, 1.807) is 41.2 Å². The summed E-state index contributed by atoms with van der Waals surface area (Å²) in [5, 5.41) is 10.1. The molecule has 5 nitrogen and oxygen atoms in total. The van der Waals surface area contributed by atoms with Crippen LogP contribution in [0.1, 0.15) is 11.1 Å². The fourth-order valence-electron chi connectivity index (χ4n) is 2.54. The molecule has 0 saturated heterocycles. The third-order valence-corrected chi connectivity index (χ3v) is 3.98. The second-order valence-electron chi connectivity index (χ2n) is 5.98. The van der Waals surface area contributed by atoms with Crippen molar-refractivity contribution in [2.75, 3.05) is 10.6 Å². The zero-order chi connectivity index (χ0) is 20.1. The molecule has 0 bridgehead atoms. The molecule has 0 spiro atoms. The number of rotatable bonds is 6. The Morgan fingerprint density at radius 3 is 2.75 bits per heavy atom. The fourth-order valence-corrected chi connectivity index (χ4v) is 2.77. The molecule has 28 heavy (non-hydrogen) atoms. The van der Waals surface area contributed by atoms with Crippen molar-refractivity contribution in [1.29, 1.82) is 0 Å². The average molecular weight is 406 g/mol. The van der Waals surface area contributed by atoms with Gasteiger partial charge in [-0.2, -0.15) is 13.9 Å². The van der Waals surface area contributed by atoms with Gasteiger partial charge in [0.1, 0.15) is 11.6 Å². The molecule has 0 saturated carbocycles. The number of anilines is 2. The number of hydrogen-bond acceptors (Lipinski definition) is 3. The zero-order valence-electron chi connectivity index (χ0n) is 14.8. The Hall–Kier alpha value is -3.07. The summed E-state index contributed by atoms with van der Waals surface area (Å²) >= 11 is 5.23. The van der Waals surface area contributed by atoms with Crippen LogP contribution in [-0.4, -0.2) is 21.5 Å². The van der Waals surface area contributed by atoms with Crippen molar-refractivity contribution in [1.82, 2.24) is 9.78 Å². The molecule has 0 aliphatic heterocycles. The van der Waals surface area contributed by atoms with Gasteiger partial charge in [0.05, 0.1) is 24.1 Å². The molecule has 0 aliphatic carbocycles. The Morgan fingerprint density at radius 1 is 1.21 bits per heavy atom. The maximum Gasteiger partial charge on any atom is 0.387 e. The van der Waals surface area contributed by atoms with Crippen LogP contribution in [0.4, 0.5) is 24.5 Å². The summed E-state index contributed by atoms with van der Waals surface area (Å²) in [5.74, 6) is -0.323. The molecular formula is C19H17F3N4OS. The number of benzene rings is 2. The van der Waals surface area contributed by atoms with Crippen molar-refractivity contribution in [2.45, 2.75) is 20.1 Å². The first-order valence-electron chi connectivity index (χ1n) is 8.30. The standard InChI is InChI=1S/C19H17F3N4OS/c1-12-6-7-17(27-18(21)22)16(8-12)25-19(28)24-14-9-23-26(11-14)10-13-4-2-3-5-15(13)20/h2-9,11,18H,10H2,1H3,(H2,24,25,28). The molecule has 3 aromatic rings. The summed E-state index contributed by atoms with van der Waals surface area (Å²) in [6.45, 7) is -0.860. The van der Waals surface area contributed by atoms with E-state index < -0.39 is 6.61 Å². The second kappa shape index (κ2) is 8.75. The maximum absolute atomic E-state index is 13.7. The van der Waals surface area contributed by atoms with E-state index in [-0.39, 0.29) is 23.2 Å². The van der Waals surface area contributed by atoms with Gasteiger partial charge >= 0.3 is 6.61 Å². The normalized spacial score (nSPS) is 10.8. The monoisotopic (exact) mass is 406 g/mol. The van der Waals surface area contributed by atoms with Crippen LogP contribution in [0.25, 0.3) is 0 Å². The summed E-state index contributed by atoms with van der Waals surface area (Å²) in [6.07, 6.45) is 3.19. The third-order valence-electron chi connectivity index (χ3n) is 3.78. The molecule has 0 unspecified atom stereocenters. The Balaban J connectivity index is 1.65. The lowest BCUT2D eigenvalue weighted by Crippen LogP contribution is -2.19. The molecule has 9 heteroatoms. The van der Waals surface area contributed by atoms with Gasteiger partial charge in [-0.25, -0.2) is 4.39 Å². The highest BCUT2D eigenvalue weighted by atomic mass is 32.1. The van der Waals surface area contributed by atoms with Gasteiger partial charge in [0, 0.05) is 11.8 Å². The van der Waals surface area contributed by atoms with E-state index in [1.807, 2.05) is 6.92 Å². The number of hydrogen-bond donors (Lipinski definition) is 2. The third kappa shape index (κ3) is 5.23. The lowest BCUT2D eigenvalue weighted by molar-refractivity contribution is -0.0493. The van der Waals surface area contributed by atoms with Crippen molar-refractivity contribution >= 4 is 28.7 Å². The number of aryl methyl sites for hydroxylation is 1. The number of ether oxygens (including phenoxy) is 1. The number of aromatic nitrogens is 2. The van der Waals surface area contributed by atoms with Gasteiger partial charge in [-0.15, -0.1) is 0 Å². The number of nitrogens with zero attached hydrogens (tertiary/aromatic N) is 2. The van der Waals surface area contributed by atoms with E-state index >= 15 is 0 Å². The Morgan fingerprint density at radius 2 is 2.00 bits per heavy atom. The van der Waals surface area contributed by atoms with Crippen LogP contribution in [0, 0.1) is 12.7 Å². The minimum atomic E-state index is -2.94. The van der Waals surface area contributed by atoms with Gasteiger partial charge < -0.3 is 15.4 Å². The Bertz CT molecular complexity index is 977. The van der Waals surface area contributed by atoms with E-state index in [0.717, 1.165) is 5.56 Å². The highest BCUT2D eigenvalue weighted by molar-refractivity contribution is 7.80. The zero-order valence-corrected chi connectivity index (χ0v) is 15.6. The summed E-state index contributed by atoms with van der Waals surface area (Å²) < 4.78 is 44.9.